The van der Waals surface area contributed by atoms with Gasteiger partial charge in [-0.2, -0.15) is 0 Å². The van der Waals surface area contributed by atoms with Gasteiger partial charge >= 0.3 is 0 Å². The number of halogens is 3. The molecule has 0 aliphatic rings. The van der Waals surface area contributed by atoms with Gasteiger partial charge in [-0.1, -0.05) is 29.3 Å². The van der Waals surface area contributed by atoms with Crippen LogP contribution in [0.4, 0.5) is 0 Å². The van der Waals surface area contributed by atoms with Crippen LogP contribution in [0.5, 0.6) is 0 Å². The minimum atomic E-state index is -3.79. The molecular formula is C13H8Cl2IN3O2S. The molecule has 3 aromatic rings. The quantitative estimate of drug-likeness (QED) is 0.326. The zero-order chi connectivity index (χ0) is 16.1. The highest BCUT2D eigenvalue weighted by molar-refractivity contribution is 14.1. The summed E-state index contributed by atoms with van der Waals surface area (Å²) in [5, 5.41) is -0.0329. The first-order chi connectivity index (χ1) is 10.3. The van der Waals surface area contributed by atoms with E-state index in [1.54, 1.807) is 24.3 Å². The van der Waals surface area contributed by atoms with Crippen LogP contribution in [0.1, 0.15) is 5.56 Å². The van der Waals surface area contributed by atoms with Gasteiger partial charge in [0.2, 0.25) is 5.28 Å². The molecule has 0 atom stereocenters. The third kappa shape index (κ3) is 2.60. The molecule has 0 bridgehead atoms. The lowest BCUT2D eigenvalue weighted by atomic mass is 10.2. The Hall–Kier alpha value is -0.900. The van der Waals surface area contributed by atoms with Gasteiger partial charge in [0.05, 0.1) is 8.47 Å². The molecule has 0 fully saturated rings. The van der Waals surface area contributed by atoms with Gasteiger partial charge in [-0.15, -0.1) is 0 Å². The predicted molar refractivity (Wildman–Crippen MR) is 94.0 cm³/mol. The Balaban J connectivity index is 2.32. The normalized spacial score (nSPS) is 12.0. The summed E-state index contributed by atoms with van der Waals surface area (Å²) >= 11 is 13.8. The van der Waals surface area contributed by atoms with E-state index in [-0.39, 0.29) is 20.8 Å². The van der Waals surface area contributed by atoms with E-state index < -0.39 is 10.0 Å². The largest absolute Gasteiger partial charge is 0.268 e. The molecule has 0 spiro atoms. The number of aromatic nitrogens is 3. The van der Waals surface area contributed by atoms with Crippen LogP contribution in [0.3, 0.4) is 0 Å². The number of hydrogen-bond donors (Lipinski definition) is 0. The van der Waals surface area contributed by atoms with Crippen LogP contribution in [-0.4, -0.2) is 22.4 Å². The summed E-state index contributed by atoms with van der Waals surface area (Å²) in [5.41, 5.74) is 1.59. The summed E-state index contributed by atoms with van der Waals surface area (Å²) in [6, 6.07) is 6.57. The molecule has 0 aliphatic carbocycles. The maximum absolute atomic E-state index is 12.8. The van der Waals surface area contributed by atoms with Crippen molar-refractivity contribution < 1.29 is 8.42 Å². The fourth-order valence-electron chi connectivity index (χ4n) is 2.01. The van der Waals surface area contributed by atoms with Gasteiger partial charge in [0, 0.05) is 6.20 Å². The van der Waals surface area contributed by atoms with Crippen molar-refractivity contribution in [2.45, 2.75) is 11.8 Å². The maximum atomic E-state index is 12.8. The van der Waals surface area contributed by atoms with Gasteiger partial charge in [0.15, 0.2) is 5.15 Å². The number of aryl methyl sites for hydroxylation is 1. The molecule has 0 radical (unpaired) electrons. The number of fused-ring (bicyclic) bond motifs is 1. The minimum absolute atomic E-state index is 0.00592. The lowest BCUT2D eigenvalue weighted by Crippen LogP contribution is -2.12. The van der Waals surface area contributed by atoms with E-state index >= 15 is 0 Å². The van der Waals surface area contributed by atoms with Gasteiger partial charge < -0.3 is 0 Å². The van der Waals surface area contributed by atoms with Crippen molar-refractivity contribution in [1.82, 2.24) is 13.9 Å². The minimum Gasteiger partial charge on any atom is -0.235 e. The number of benzene rings is 1. The molecule has 9 heteroatoms. The second-order valence-electron chi connectivity index (χ2n) is 4.57. The zero-order valence-electron chi connectivity index (χ0n) is 11.1. The van der Waals surface area contributed by atoms with Crippen LogP contribution in [0, 0.1) is 10.5 Å². The molecule has 3 rings (SSSR count). The molecular weight excluding hydrogens is 460 g/mol. The first-order valence-corrected chi connectivity index (χ1v) is 9.30. The molecule has 0 saturated heterocycles. The highest BCUT2D eigenvalue weighted by Crippen LogP contribution is 2.30. The van der Waals surface area contributed by atoms with Crippen LogP contribution in [-0.2, 0) is 10.0 Å². The van der Waals surface area contributed by atoms with Gasteiger partial charge in [0.1, 0.15) is 11.0 Å². The SMILES string of the molecule is Cc1ccc(S(=O)(=O)n2cc(I)c3nc(Cl)nc(Cl)c32)cc1. The maximum Gasteiger partial charge on any atom is 0.268 e. The Bertz CT molecular complexity index is 985. The highest BCUT2D eigenvalue weighted by Gasteiger charge is 2.24. The molecule has 1 aromatic carbocycles. The van der Waals surface area contributed by atoms with Gasteiger partial charge in [-0.3, -0.25) is 0 Å². The Morgan fingerprint density at radius 1 is 1.14 bits per heavy atom. The summed E-state index contributed by atoms with van der Waals surface area (Å²) in [5.74, 6) is 0. The molecule has 0 amide bonds. The summed E-state index contributed by atoms with van der Waals surface area (Å²) in [7, 11) is -3.79. The Morgan fingerprint density at radius 3 is 2.41 bits per heavy atom. The van der Waals surface area contributed by atoms with E-state index in [4.69, 9.17) is 23.2 Å². The van der Waals surface area contributed by atoms with Crippen LogP contribution >= 0.6 is 45.8 Å². The molecule has 0 N–H and O–H groups in total. The van der Waals surface area contributed by atoms with Crippen molar-refractivity contribution in [3.05, 3.63) is 50.0 Å². The molecule has 0 saturated carbocycles. The predicted octanol–water partition coefficient (Wildman–Crippen LogP) is 3.89. The van der Waals surface area contributed by atoms with Crippen LogP contribution in [0.25, 0.3) is 11.0 Å². The standard InChI is InChI=1S/C13H8Cl2IN3O2S/c1-7-2-4-8(5-3-7)22(20,21)19-6-9(16)10-11(19)12(14)18-13(15)17-10/h2-6H,1H3. The van der Waals surface area contributed by atoms with Crippen molar-refractivity contribution in [3.8, 4) is 0 Å². The molecule has 22 heavy (non-hydrogen) atoms. The van der Waals surface area contributed by atoms with E-state index in [9.17, 15) is 8.42 Å². The number of rotatable bonds is 2. The lowest BCUT2D eigenvalue weighted by molar-refractivity contribution is 0.589. The van der Waals surface area contributed by atoms with Crippen LogP contribution < -0.4 is 0 Å². The summed E-state index contributed by atoms with van der Waals surface area (Å²) in [4.78, 5) is 8.05. The van der Waals surface area contributed by atoms with Gasteiger partial charge in [-0.05, 0) is 53.2 Å². The van der Waals surface area contributed by atoms with E-state index in [2.05, 4.69) is 9.97 Å². The van der Waals surface area contributed by atoms with Crippen LogP contribution in [0.2, 0.25) is 10.4 Å². The second-order valence-corrected chi connectivity index (χ2v) is 8.24. The van der Waals surface area contributed by atoms with E-state index in [0.717, 1.165) is 9.54 Å². The van der Waals surface area contributed by atoms with Gasteiger partial charge in [-0.25, -0.2) is 22.4 Å². The molecule has 114 valence electrons. The molecule has 0 aliphatic heterocycles. The third-order valence-corrected chi connectivity index (χ3v) is 5.96. The average Bonchev–Trinajstić information content (AvgIpc) is 2.78. The Labute approximate surface area is 150 Å². The van der Waals surface area contributed by atoms with E-state index in [1.807, 2.05) is 29.5 Å². The summed E-state index contributed by atoms with van der Waals surface area (Å²) in [6.45, 7) is 1.89. The number of hydrogen-bond acceptors (Lipinski definition) is 4. The van der Waals surface area contributed by atoms with Crippen molar-refractivity contribution in [2.75, 3.05) is 0 Å². The van der Waals surface area contributed by atoms with Gasteiger partial charge in [0.25, 0.3) is 10.0 Å². The molecule has 2 aromatic heterocycles. The summed E-state index contributed by atoms with van der Waals surface area (Å²) < 4.78 is 27.4. The zero-order valence-corrected chi connectivity index (χ0v) is 15.6. The van der Waals surface area contributed by atoms with Crippen molar-refractivity contribution in [3.63, 3.8) is 0 Å². The number of nitrogens with zero attached hydrogens (tertiary/aromatic N) is 3. The summed E-state index contributed by atoms with van der Waals surface area (Å²) in [6.07, 6.45) is 1.46. The average molecular weight is 468 g/mol. The first-order valence-electron chi connectivity index (χ1n) is 6.02. The second kappa shape index (κ2) is 5.63. The molecule has 5 nitrogen and oxygen atoms in total. The molecule has 2 heterocycles. The topological polar surface area (TPSA) is 64.8 Å². The highest BCUT2D eigenvalue weighted by atomic mass is 127. The Morgan fingerprint density at radius 2 is 1.77 bits per heavy atom. The van der Waals surface area contributed by atoms with Crippen molar-refractivity contribution in [2.24, 2.45) is 0 Å². The molecule has 0 unspecified atom stereocenters. The lowest BCUT2D eigenvalue weighted by Gasteiger charge is -2.08. The first kappa shape index (κ1) is 16.0. The fourth-order valence-corrected chi connectivity index (χ4v) is 4.74. The van der Waals surface area contributed by atoms with Crippen molar-refractivity contribution in [1.29, 1.82) is 0 Å². The third-order valence-electron chi connectivity index (χ3n) is 3.07. The Kier molecular flexibility index (Phi) is 4.09. The fraction of sp³-hybridized carbons (Fsp3) is 0.0769. The van der Waals surface area contributed by atoms with Crippen LogP contribution in [0.15, 0.2) is 35.4 Å². The van der Waals surface area contributed by atoms with Crippen molar-refractivity contribution >= 4 is 66.8 Å². The van der Waals surface area contributed by atoms with E-state index in [0.29, 0.717) is 9.09 Å². The van der Waals surface area contributed by atoms with E-state index in [1.165, 1.54) is 6.20 Å². The monoisotopic (exact) mass is 467 g/mol. The smallest absolute Gasteiger partial charge is 0.235 e.